The minimum atomic E-state index is -0.863. The van der Waals surface area contributed by atoms with Crippen molar-refractivity contribution in [3.63, 3.8) is 0 Å². The number of hydrogen-bond donors (Lipinski definition) is 4. The van der Waals surface area contributed by atoms with Crippen LogP contribution in [0.3, 0.4) is 0 Å². The average Bonchev–Trinajstić information content (AvgIpc) is 3.32. The molecule has 2 atom stereocenters. The quantitative estimate of drug-likeness (QED) is 0.133. The predicted octanol–water partition coefficient (Wildman–Crippen LogP) is 2.53. The maximum Gasteiger partial charge on any atom is 0.344 e. The first-order valence-corrected chi connectivity index (χ1v) is 11.6. The fourth-order valence-corrected chi connectivity index (χ4v) is 4.29. The van der Waals surface area contributed by atoms with Crippen LogP contribution in [0.5, 0.6) is 11.5 Å². The number of phenolic OH excluding ortho intramolecular Hbond substituents is 1. The molecule has 0 bridgehead atoms. The van der Waals surface area contributed by atoms with Gasteiger partial charge in [0.25, 0.3) is 0 Å². The highest BCUT2D eigenvalue weighted by Gasteiger charge is 2.38. The smallest absolute Gasteiger partial charge is 0.344 e. The fourth-order valence-electron chi connectivity index (χ4n) is 4.29. The first-order chi connectivity index (χ1) is 17.8. The number of allylic oxidation sites excluding steroid dienone is 1. The lowest BCUT2D eigenvalue weighted by Gasteiger charge is -2.23. The Morgan fingerprint density at radius 1 is 1.19 bits per heavy atom. The molecule has 2 aromatic carbocycles. The number of rotatable bonds is 9. The maximum absolute atomic E-state index is 13.0. The number of phenols is 1. The molecule has 0 saturated carbocycles. The number of esters is 1. The van der Waals surface area contributed by atoms with Crippen LogP contribution in [-0.4, -0.2) is 58.3 Å². The first-order valence-electron chi connectivity index (χ1n) is 11.6. The second kappa shape index (κ2) is 11.1. The van der Waals surface area contributed by atoms with Crippen LogP contribution in [0, 0.1) is 24.2 Å². The lowest BCUT2D eigenvalue weighted by atomic mass is 9.83. The summed E-state index contributed by atoms with van der Waals surface area (Å²) in [5.41, 5.74) is 3.69. The zero-order valence-corrected chi connectivity index (χ0v) is 20.1. The van der Waals surface area contributed by atoms with Gasteiger partial charge in [0.05, 0.1) is 23.9 Å². The van der Waals surface area contributed by atoms with Crippen LogP contribution in [0.25, 0.3) is 0 Å². The largest absolute Gasteiger partial charge is 0.507 e. The van der Waals surface area contributed by atoms with E-state index in [9.17, 15) is 19.5 Å². The number of carbonyl (C=O) groups excluding carboxylic acids is 3. The standard InChI is InChI=1S/C27H27N3O7/c1-16-23(36-15-24(32)37-14-17-5-3-2-4-6-17)10-9-19(25(16)33)22(31)13-30-11-18-7-8-20(27(28)29-35)26(34)21(18)12-30/h2-11,20-21,33,35H,12-15H2,1H3,(H2,28,29). The summed E-state index contributed by atoms with van der Waals surface area (Å²) in [6.45, 7) is 1.54. The summed E-state index contributed by atoms with van der Waals surface area (Å²) >= 11 is 0. The molecule has 0 amide bonds. The molecule has 1 aliphatic heterocycles. The fraction of sp³-hybridized carbons (Fsp3) is 0.259. The van der Waals surface area contributed by atoms with E-state index in [0.717, 1.165) is 11.1 Å². The predicted molar refractivity (Wildman–Crippen MR) is 132 cm³/mol. The molecule has 192 valence electrons. The number of benzene rings is 2. The van der Waals surface area contributed by atoms with Crippen molar-refractivity contribution in [1.29, 1.82) is 5.41 Å². The molecule has 4 N–H and O–H groups in total. The Balaban J connectivity index is 1.33. The van der Waals surface area contributed by atoms with Crippen LogP contribution in [0.15, 0.2) is 66.4 Å². The van der Waals surface area contributed by atoms with E-state index >= 15 is 0 Å². The number of carbonyl (C=O) groups is 3. The summed E-state index contributed by atoms with van der Waals surface area (Å²) < 4.78 is 10.7. The molecule has 10 nitrogen and oxygen atoms in total. The van der Waals surface area contributed by atoms with Gasteiger partial charge in [-0.1, -0.05) is 42.5 Å². The molecule has 2 aliphatic rings. The van der Waals surface area contributed by atoms with Crippen molar-refractivity contribution in [2.45, 2.75) is 13.5 Å². The zero-order valence-electron chi connectivity index (χ0n) is 20.1. The number of amidine groups is 1. The molecule has 0 spiro atoms. The van der Waals surface area contributed by atoms with Gasteiger partial charge in [0.15, 0.2) is 18.2 Å². The highest BCUT2D eigenvalue weighted by atomic mass is 16.6. The number of nitrogens with zero attached hydrogens (tertiary/aromatic N) is 1. The van der Waals surface area contributed by atoms with Crippen molar-refractivity contribution in [2.24, 2.45) is 11.8 Å². The second-order valence-corrected chi connectivity index (χ2v) is 8.82. The van der Waals surface area contributed by atoms with Crippen molar-refractivity contribution in [1.82, 2.24) is 10.4 Å². The number of aromatic hydroxyl groups is 1. The lowest BCUT2D eigenvalue weighted by Crippen LogP contribution is -2.39. The summed E-state index contributed by atoms with van der Waals surface area (Å²) in [6, 6.07) is 12.2. The van der Waals surface area contributed by atoms with Crippen LogP contribution >= 0.6 is 0 Å². The lowest BCUT2D eigenvalue weighted by molar-refractivity contribution is -0.147. The molecule has 0 radical (unpaired) electrons. The van der Waals surface area contributed by atoms with Crippen molar-refractivity contribution in [2.75, 3.05) is 19.7 Å². The topological polar surface area (TPSA) is 149 Å². The van der Waals surface area contributed by atoms with Gasteiger partial charge in [0.1, 0.15) is 23.9 Å². The van der Waals surface area contributed by atoms with Crippen molar-refractivity contribution in [3.05, 3.63) is 83.1 Å². The van der Waals surface area contributed by atoms with Gasteiger partial charge in [-0.15, -0.1) is 0 Å². The van der Waals surface area contributed by atoms with Gasteiger partial charge < -0.3 is 19.5 Å². The molecule has 0 aromatic heterocycles. The molecule has 4 rings (SSSR count). The number of ether oxygens (including phenoxy) is 2. The monoisotopic (exact) mass is 505 g/mol. The highest BCUT2D eigenvalue weighted by molar-refractivity contribution is 6.07. The Kier molecular flexibility index (Phi) is 7.69. The van der Waals surface area contributed by atoms with Crippen molar-refractivity contribution < 1.29 is 34.2 Å². The Bertz CT molecular complexity index is 1290. The third-order valence-electron chi connectivity index (χ3n) is 6.33. The molecule has 10 heteroatoms. The van der Waals surface area contributed by atoms with Crippen LogP contribution < -0.4 is 10.2 Å². The molecule has 1 aliphatic carbocycles. The number of nitrogens with one attached hydrogen (secondary N) is 2. The molecule has 0 fully saturated rings. The van der Waals surface area contributed by atoms with E-state index in [0.29, 0.717) is 5.56 Å². The minimum Gasteiger partial charge on any atom is -0.507 e. The van der Waals surface area contributed by atoms with Gasteiger partial charge in [0.2, 0.25) is 0 Å². The van der Waals surface area contributed by atoms with Gasteiger partial charge >= 0.3 is 5.97 Å². The molecular formula is C27H27N3O7. The summed E-state index contributed by atoms with van der Waals surface area (Å²) in [6.07, 6.45) is 4.96. The van der Waals surface area contributed by atoms with Gasteiger partial charge in [-0.05, 0) is 30.2 Å². The first kappa shape index (κ1) is 25.6. The third kappa shape index (κ3) is 5.70. The Morgan fingerprint density at radius 3 is 2.68 bits per heavy atom. The minimum absolute atomic E-state index is 0.0689. The summed E-state index contributed by atoms with van der Waals surface area (Å²) in [4.78, 5) is 39.3. The summed E-state index contributed by atoms with van der Waals surface area (Å²) in [5, 5.41) is 27.3. The van der Waals surface area contributed by atoms with Gasteiger partial charge in [-0.3, -0.25) is 25.7 Å². The Hall–Kier alpha value is -4.44. The number of ketones is 2. The zero-order chi connectivity index (χ0) is 26.5. The summed E-state index contributed by atoms with van der Waals surface area (Å²) in [7, 11) is 0. The van der Waals surface area contributed by atoms with Crippen LogP contribution in [0.4, 0.5) is 0 Å². The highest BCUT2D eigenvalue weighted by Crippen LogP contribution is 2.33. The SMILES string of the molecule is Cc1c(OCC(=O)OCc2ccccc2)ccc(C(=O)CN2C=C3C=CC(C(=N)NO)C(=O)C3C2)c1O. The molecule has 2 unspecified atom stereocenters. The van der Waals surface area contributed by atoms with E-state index in [1.807, 2.05) is 30.3 Å². The van der Waals surface area contributed by atoms with E-state index < -0.39 is 17.8 Å². The van der Waals surface area contributed by atoms with Gasteiger partial charge in [0, 0.05) is 18.3 Å². The summed E-state index contributed by atoms with van der Waals surface area (Å²) in [5.74, 6) is -2.84. The number of hydrogen-bond acceptors (Lipinski definition) is 9. The second-order valence-electron chi connectivity index (χ2n) is 8.82. The molecule has 1 heterocycles. The van der Waals surface area contributed by atoms with E-state index in [1.165, 1.54) is 18.2 Å². The molecule has 37 heavy (non-hydrogen) atoms. The Morgan fingerprint density at radius 2 is 1.95 bits per heavy atom. The molecule has 0 saturated heterocycles. The van der Waals surface area contributed by atoms with Crippen molar-refractivity contribution >= 4 is 23.4 Å². The van der Waals surface area contributed by atoms with Crippen molar-refractivity contribution in [3.8, 4) is 11.5 Å². The van der Waals surface area contributed by atoms with Crippen LogP contribution in [0.1, 0.15) is 21.5 Å². The van der Waals surface area contributed by atoms with E-state index in [-0.39, 0.29) is 60.8 Å². The van der Waals surface area contributed by atoms with Gasteiger partial charge in [-0.25, -0.2) is 4.79 Å². The van der Waals surface area contributed by atoms with E-state index in [4.69, 9.17) is 20.1 Å². The van der Waals surface area contributed by atoms with E-state index in [1.54, 1.807) is 29.6 Å². The number of Topliss-reactive ketones (excluding diaryl/α,β-unsaturated/α-hetero) is 2. The van der Waals surface area contributed by atoms with Crippen LogP contribution in [-0.2, 0) is 20.9 Å². The number of hydroxylamine groups is 1. The molecular weight excluding hydrogens is 478 g/mol. The average molecular weight is 506 g/mol. The van der Waals surface area contributed by atoms with Gasteiger partial charge in [-0.2, -0.15) is 0 Å². The van der Waals surface area contributed by atoms with Crippen LogP contribution in [0.2, 0.25) is 0 Å². The normalized spacial score (nSPS) is 18.2. The van der Waals surface area contributed by atoms with E-state index in [2.05, 4.69) is 0 Å². The third-order valence-corrected chi connectivity index (χ3v) is 6.33. The Labute approximate surface area is 213 Å². The molecule has 2 aromatic rings. The maximum atomic E-state index is 13.0. The number of fused-ring (bicyclic) bond motifs is 1.